The predicted molar refractivity (Wildman–Crippen MR) is 105 cm³/mol. The van der Waals surface area contributed by atoms with E-state index in [1.807, 2.05) is 0 Å². The quantitative estimate of drug-likeness (QED) is 0.374. The van der Waals surface area contributed by atoms with Crippen LogP contribution in [0.5, 0.6) is 5.75 Å². The molecule has 3 rings (SSSR count). The Morgan fingerprint density at radius 3 is 2.48 bits per heavy atom. The predicted octanol–water partition coefficient (Wildman–Crippen LogP) is 2.25. The summed E-state index contributed by atoms with van der Waals surface area (Å²) >= 11 is 0. The Hall–Kier alpha value is -4.01. The summed E-state index contributed by atoms with van der Waals surface area (Å²) in [4.78, 5) is 48.0. The number of nitrogens with one attached hydrogen (secondary N) is 1. The number of hydrogen-bond acceptors (Lipinski definition) is 6. The molecule has 0 aliphatic heterocycles. The fourth-order valence-corrected chi connectivity index (χ4v) is 3.12. The lowest BCUT2D eigenvalue weighted by Crippen LogP contribution is -2.36. The molecule has 0 saturated carbocycles. The van der Waals surface area contributed by atoms with Gasteiger partial charge in [0, 0.05) is 18.0 Å². The number of carbonyl (C=O) groups excluding carboxylic acids is 2. The van der Waals surface area contributed by atoms with Crippen molar-refractivity contribution in [1.29, 1.82) is 0 Å². The molecule has 148 valence electrons. The van der Waals surface area contributed by atoms with Crippen molar-refractivity contribution >= 4 is 28.3 Å². The van der Waals surface area contributed by atoms with Gasteiger partial charge in [-0.15, -0.1) is 0 Å². The van der Waals surface area contributed by atoms with Crippen LogP contribution in [0.4, 0.5) is 5.69 Å². The Balaban J connectivity index is 1.93. The molecule has 1 amide bonds. The number of fused-ring (bicyclic) bond motifs is 1. The van der Waals surface area contributed by atoms with Gasteiger partial charge in [-0.25, -0.2) is 0 Å². The molecule has 9 heteroatoms. The second-order valence-corrected chi connectivity index (χ2v) is 6.17. The minimum absolute atomic E-state index is 0.161. The van der Waals surface area contributed by atoms with Crippen molar-refractivity contribution in [1.82, 2.24) is 9.88 Å². The van der Waals surface area contributed by atoms with E-state index in [-0.39, 0.29) is 17.8 Å². The number of para-hydroxylation sites is 2. The normalized spacial score (nSPS) is 10.7. The minimum atomic E-state index is -0.938. The summed E-state index contributed by atoms with van der Waals surface area (Å²) in [5.74, 6) is -2.11. The molecule has 0 aliphatic rings. The summed E-state index contributed by atoms with van der Waals surface area (Å²) in [5.41, 5.74) is -1.24. The molecule has 0 radical (unpaired) electrons. The van der Waals surface area contributed by atoms with Gasteiger partial charge in [0.1, 0.15) is 11.3 Å². The number of ketones is 1. The number of aromatic hydroxyl groups is 1. The topological polar surface area (TPSA) is 132 Å². The van der Waals surface area contributed by atoms with E-state index in [0.29, 0.717) is 10.9 Å². The van der Waals surface area contributed by atoms with Crippen LogP contribution >= 0.6 is 0 Å². The molecular weight excluding hydrogens is 378 g/mol. The highest BCUT2D eigenvalue weighted by Crippen LogP contribution is 2.26. The van der Waals surface area contributed by atoms with Gasteiger partial charge in [-0.05, 0) is 25.1 Å². The van der Waals surface area contributed by atoms with Gasteiger partial charge < -0.3 is 15.0 Å². The number of benzene rings is 2. The van der Waals surface area contributed by atoms with Gasteiger partial charge >= 0.3 is 0 Å². The Morgan fingerprint density at radius 2 is 1.79 bits per heavy atom. The van der Waals surface area contributed by atoms with Crippen molar-refractivity contribution in [2.45, 2.75) is 13.5 Å². The van der Waals surface area contributed by atoms with Gasteiger partial charge in [0.2, 0.25) is 0 Å². The monoisotopic (exact) mass is 395 g/mol. The van der Waals surface area contributed by atoms with Gasteiger partial charge in [0.05, 0.1) is 22.5 Å². The summed E-state index contributed by atoms with van der Waals surface area (Å²) in [6, 6.07) is 12.0. The number of nitrogens with zero attached hydrogens (tertiary/aromatic N) is 2. The first-order valence-electron chi connectivity index (χ1n) is 8.76. The smallest absolute Gasteiger partial charge is 0.280 e. The fourth-order valence-electron chi connectivity index (χ4n) is 3.12. The summed E-state index contributed by atoms with van der Waals surface area (Å²) < 4.78 is 1.34. The van der Waals surface area contributed by atoms with E-state index in [1.54, 1.807) is 31.2 Å². The maximum absolute atomic E-state index is 12.7. The zero-order valence-electron chi connectivity index (χ0n) is 15.4. The molecule has 0 fully saturated rings. The number of aromatic nitrogens is 1. The molecule has 0 atom stereocenters. The van der Waals surface area contributed by atoms with Gasteiger partial charge in [-0.3, -0.25) is 24.5 Å². The molecular formula is C20H17N3O6. The molecule has 0 bridgehead atoms. The van der Waals surface area contributed by atoms with E-state index in [9.17, 15) is 29.6 Å². The van der Waals surface area contributed by atoms with E-state index in [1.165, 1.54) is 28.8 Å². The Morgan fingerprint density at radius 1 is 1.14 bits per heavy atom. The van der Waals surface area contributed by atoms with Crippen molar-refractivity contribution in [3.8, 4) is 5.75 Å². The number of pyridine rings is 1. The van der Waals surface area contributed by atoms with E-state index < -0.39 is 40.0 Å². The van der Waals surface area contributed by atoms with E-state index in [4.69, 9.17) is 0 Å². The zero-order chi connectivity index (χ0) is 21.1. The van der Waals surface area contributed by atoms with Crippen molar-refractivity contribution < 1.29 is 19.6 Å². The molecule has 29 heavy (non-hydrogen) atoms. The van der Waals surface area contributed by atoms with Crippen molar-refractivity contribution in [2.24, 2.45) is 0 Å². The number of amides is 1. The van der Waals surface area contributed by atoms with Gasteiger partial charge in [-0.1, -0.05) is 24.3 Å². The highest BCUT2D eigenvalue weighted by atomic mass is 16.6. The van der Waals surface area contributed by atoms with E-state index in [0.717, 1.165) is 0 Å². The number of rotatable bonds is 6. The van der Waals surface area contributed by atoms with Gasteiger partial charge in [-0.2, -0.15) is 0 Å². The molecule has 0 unspecified atom stereocenters. The molecule has 3 aromatic rings. The van der Waals surface area contributed by atoms with Gasteiger partial charge in [0.25, 0.3) is 17.2 Å². The second-order valence-electron chi connectivity index (χ2n) is 6.17. The van der Waals surface area contributed by atoms with Crippen LogP contribution in [0.1, 0.15) is 27.6 Å². The maximum Gasteiger partial charge on any atom is 0.280 e. The van der Waals surface area contributed by atoms with Crippen LogP contribution in [-0.2, 0) is 6.54 Å². The lowest BCUT2D eigenvalue weighted by molar-refractivity contribution is -0.385. The van der Waals surface area contributed by atoms with Crippen LogP contribution in [-0.4, -0.2) is 32.8 Å². The van der Waals surface area contributed by atoms with Crippen LogP contribution in [0.25, 0.3) is 10.9 Å². The Labute approximate surface area is 164 Å². The summed E-state index contributed by atoms with van der Waals surface area (Å²) in [5, 5.41) is 24.1. The highest BCUT2D eigenvalue weighted by molar-refractivity contribution is 6.06. The molecule has 0 saturated heterocycles. The first-order valence-corrected chi connectivity index (χ1v) is 8.76. The van der Waals surface area contributed by atoms with E-state index in [2.05, 4.69) is 5.32 Å². The maximum atomic E-state index is 12.7. The number of carbonyl (C=O) groups is 2. The lowest BCUT2D eigenvalue weighted by Gasteiger charge is -2.13. The number of Topliss-reactive ketones (excluding diaryl/α,β-unsaturated/α-hetero) is 1. The lowest BCUT2D eigenvalue weighted by atomic mass is 10.1. The first kappa shape index (κ1) is 19.7. The number of aryl methyl sites for hydroxylation is 1. The second kappa shape index (κ2) is 7.93. The van der Waals surface area contributed by atoms with Crippen LogP contribution in [0.2, 0.25) is 0 Å². The van der Waals surface area contributed by atoms with Crippen molar-refractivity contribution in [3.05, 3.63) is 80.1 Å². The summed E-state index contributed by atoms with van der Waals surface area (Å²) in [6.07, 6.45) is 0. The van der Waals surface area contributed by atoms with Crippen LogP contribution < -0.4 is 10.9 Å². The Bertz CT molecular complexity index is 1200. The first-order chi connectivity index (χ1) is 13.9. The molecule has 2 N–H and O–H groups in total. The zero-order valence-corrected chi connectivity index (χ0v) is 15.4. The van der Waals surface area contributed by atoms with Gasteiger partial charge in [0.15, 0.2) is 5.78 Å². The van der Waals surface area contributed by atoms with Crippen LogP contribution in [0.15, 0.2) is 53.3 Å². The van der Waals surface area contributed by atoms with Crippen molar-refractivity contribution in [2.75, 3.05) is 6.54 Å². The number of nitro groups is 1. The molecule has 1 heterocycles. The fraction of sp³-hybridized carbons (Fsp3) is 0.150. The summed E-state index contributed by atoms with van der Waals surface area (Å²) in [6.45, 7) is 1.43. The average Bonchev–Trinajstić information content (AvgIpc) is 2.72. The molecule has 0 aliphatic carbocycles. The molecule has 0 spiro atoms. The SMILES string of the molecule is CCn1c(=O)c(C(=O)NCC(=O)c2ccccc2[N+](=O)[O-])c(O)c2ccccc21. The third-order valence-electron chi connectivity index (χ3n) is 4.50. The molecule has 2 aromatic carbocycles. The number of hydrogen-bond donors (Lipinski definition) is 2. The number of nitro benzene ring substituents is 1. The van der Waals surface area contributed by atoms with Crippen LogP contribution in [0.3, 0.4) is 0 Å². The Kier molecular flexibility index (Phi) is 5.40. The largest absolute Gasteiger partial charge is 0.506 e. The third kappa shape index (κ3) is 3.57. The van der Waals surface area contributed by atoms with E-state index >= 15 is 0 Å². The average molecular weight is 395 g/mol. The molecule has 9 nitrogen and oxygen atoms in total. The van der Waals surface area contributed by atoms with Crippen molar-refractivity contribution in [3.63, 3.8) is 0 Å². The molecule has 1 aromatic heterocycles. The third-order valence-corrected chi connectivity index (χ3v) is 4.50. The van der Waals surface area contributed by atoms with Crippen LogP contribution in [0, 0.1) is 10.1 Å². The highest BCUT2D eigenvalue weighted by Gasteiger charge is 2.24. The summed E-state index contributed by atoms with van der Waals surface area (Å²) in [7, 11) is 0. The minimum Gasteiger partial charge on any atom is -0.506 e. The standard InChI is InChI=1S/C20H17N3O6/c1-2-22-14-9-5-4-8-13(14)18(25)17(20(22)27)19(26)21-11-16(24)12-7-3-6-10-15(12)23(28)29/h3-10,25H,2,11H2,1H3,(H,21,26).